The largest absolute Gasteiger partial charge is 0.379 e. The summed E-state index contributed by atoms with van der Waals surface area (Å²) in [4.78, 5) is 21.7. The van der Waals surface area contributed by atoms with E-state index in [1.807, 2.05) is 0 Å². The molecule has 0 atom stereocenters. The van der Waals surface area contributed by atoms with Gasteiger partial charge in [0.05, 0.1) is 9.83 Å². The van der Waals surface area contributed by atoms with Crippen molar-refractivity contribution >= 4 is 44.7 Å². The number of nitro groups is 1. The molecule has 2 aromatic carbocycles. The Morgan fingerprint density at radius 1 is 1.19 bits per heavy atom. The van der Waals surface area contributed by atoms with Gasteiger partial charge in [-0.15, -0.1) is 0 Å². The van der Waals surface area contributed by atoms with Crippen LogP contribution in [0.5, 0.6) is 5.75 Å². The number of carbonyl (C=O) groups is 1. The van der Waals surface area contributed by atoms with Gasteiger partial charge in [-0.3, -0.25) is 20.3 Å². The molecule has 1 heterocycles. The first-order valence-electron chi connectivity index (χ1n) is 7.33. The van der Waals surface area contributed by atoms with E-state index in [2.05, 4.69) is 5.32 Å². The van der Waals surface area contributed by atoms with Crippen LogP contribution in [0.3, 0.4) is 0 Å². The highest BCUT2D eigenvalue weighted by Crippen LogP contribution is 2.27. The van der Waals surface area contributed by atoms with Gasteiger partial charge in [-0.2, -0.15) is 8.42 Å². The molecule has 0 aliphatic carbocycles. The Balaban J connectivity index is 1.87. The summed E-state index contributed by atoms with van der Waals surface area (Å²) in [5.41, 5.74) is 0.124. The molecule has 1 amide bonds. The summed E-state index contributed by atoms with van der Waals surface area (Å²) >= 11 is 0.950. The lowest BCUT2D eigenvalue weighted by Crippen LogP contribution is -2.18. The zero-order chi connectivity index (χ0) is 19.6. The van der Waals surface area contributed by atoms with Crippen LogP contribution >= 0.6 is 11.8 Å². The smallest absolute Gasteiger partial charge is 0.339 e. The topological polar surface area (TPSA) is 139 Å². The van der Waals surface area contributed by atoms with E-state index in [1.165, 1.54) is 42.5 Å². The average molecular weight is 405 g/mol. The van der Waals surface area contributed by atoms with Crippen LogP contribution in [0, 0.1) is 15.5 Å². The highest BCUT2D eigenvalue weighted by Gasteiger charge is 2.23. The number of amidine groups is 1. The summed E-state index contributed by atoms with van der Waals surface area (Å²) < 4.78 is 29.8. The predicted octanol–water partition coefficient (Wildman–Crippen LogP) is 2.50. The Kier molecular flexibility index (Phi) is 4.97. The molecule has 1 saturated heterocycles. The van der Waals surface area contributed by atoms with E-state index in [4.69, 9.17) is 9.59 Å². The minimum Gasteiger partial charge on any atom is -0.379 e. The summed E-state index contributed by atoms with van der Waals surface area (Å²) in [6.45, 7) is 0. The molecular formula is C16H11N3O6S2. The molecule has 0 saturated carbocycles. The number of carbonyl (C=O) groups excluding carboxylic acids is 1. The first-order valence-corrected chi connectivity index (χ1v) is 9.55. The van der Waals surface area contributed by atoms with Gasteiger partial charge in [0.15, 0.2) is 5.17 Å². The Morgan fingerprint density at radius 3 is 2.59 bits per heavy atom. The van der Waals surface area contributed by atoms with Crippen LogP contribution in [-0.4, -0.2) is 24.4 Å². The van der Waals surface area contributed by atoms with Gasteiger partial charge < -0.3 is 9.50 Å². The van der Waals surface area contributed by atoms with Gasteiger partial charge in [0.2, 0.25) is 0 Å². The van der Waals surface area contributed by atoms with Crippen molar-refractivity contribution in [3.8, 4) is 5.75 Å². The van der Waals surface area contributed by atoms with Crippen LogP contribution in [0.2, 0.25) is 0 Å². The van der Waals surface area contributed by atoms with E-state index < -0.39 is 20.9 Å². The number of non-ortho nitro benzene ring substituents is 1. The van der Waals surface area contributed by atoms with Gasteiger partial charge in [-0.1, -0.05) is 18.2 Å². The van der Waals surface area contributed by atoms with Gasteiger partial charge in [0.25, 0.3) is 11.6 Å². The Morgan fingerprint density at radius 2 is 1.93 bits per heavy atom. The fourth-order valence-corrected chi connectivity index (χ4v) is 3.84. The van der Waals surface area contributed by atoms with Crippen molar-refractivity contribution in [2.75, 3.05) is 0 Å². The quantitative estimate of drug-likeness (QED) is 0.337. The lowest BCUT2D eigenvalue weighted by molar-refractivity contribution is -0.385. The third-order valence-corrected chi connectivity index (χ3v) is 5.41. The molecule has 0 spiro atoms. The fourth-order valence-electron chi connectivity index (χ4n) is 2.18. The van der Waals surface area contributed by atoms with Gasteiger partial charge in [0.1, 0.15) is 10.6 Å². The lowest BCUT2D eigenvalue weighted by Gasteiger charge is -2.07. The van der Waals surface area contributed by atoms with Gasteiger partial charge >= 0.3 is 10.1 Å². The second kappa shape index (κ2) is 7.21. The van der Waals surface area contributed by atoms with Crippen molar-refractivity contribution in [1.29, 1.82) is 5.41 Å². The second-order valence-corrected chi connectivity index (χ2v) is 7.86. The number of nitro benzene ring substituents is 1. The average Bonchev–Trinajstić information content (AvgIpc) is 2.92. The molecule has 27 heavy (non-hydrogen) atoms. The van der Waals surface area contributed by atoms with Gasteiger partial charge in [-0.05, 0) is 41.6 Å². The molecular weight excluding hydrogens is 394 g/mol. The zero-order valence-electron chi connectivity index (χ0n) is 13.4. The molecule has 2 N–H and O–H groups in total. The van der Waals surface area contributed by atoms with Crippen LogP contribution in [0.4, 0.5) is 5.69 Å². The molecule has 0 aromatic heterocycles. The van der Waals surface area contributed by atoms with Gasteiger partial charge in [0, 0.05) is 12.1 Å². The van der Waals surface area contributed by atoms with Crippen molar-refractivity contribution in [1.82, 2.24) is 5.32 Å². The molecule has 3 rings (SSSR count). The third kappa shape index (κ3) is 4.33. The Labute approximate surface area is 157 Å². The van der Waals surface area contributed by atoms with Crippen molar-refractivity contribution < 1.29 is 22.3 Å². The molecule has 1 aliphatic rings. The fraction of sp³-hybridized carbons (Fsp3) is 0. The summed E-state index contributed by atoms with van der Waals surface area (Å²) in [7, 11) is -4.28. The van der Waals surface area contributed by atoms with Crippen molar-refractivity contribution in [3.05, 3.63) is 69.1 Å². The number of nitrogens with one attached hydrogen (secondary N) is 2. The van der Waals surface area contributed by atoms with E-state index in [-0.39, 0.29) is 21.5 Å². The molecule has 138 valence electrons. The number of thioether (sulfide) groups is 1. The van der Waals surface area contributed by atoms with E-state index in [1.54, 1.807) is 6.07 Å². The maximum absolute atomic E-state index is 12.4. The molecule has 9 nitrogen and oxygen atoms in total. The Bertz CT molecular complexity index is 1090. The number of hydrogen-bond acceptors (Lipinski definition) is 8. The number of benzene rings is 2. The summed E-state index contributed by atoms with van der Waals surface area (Å²) in [6, 6.07) is 10.5. The summed E-state index contributed by atoms with van der Waals surface area (Å²) in [6.07, 6.45) is 1.49. The number of hydrogen-bond donors (Lipinski definition) is 2. The van der Waals surface area contributed by atoms with Crippen LogP contribution in [0.25, 0.3) is 6.08 Å². The third-order valence-electron chi connectivity index (χ3n) is 3.34. The maximum Gasteiger partial charge on any atom is 0.339 e. The van der Waals surface area contributed by atoms with Gasteiger partial charge in [-0.25, -0.2) is 0 Å². The molecule has 0 radical (unpaired) electrons. The Hall–Kier alpha value is -3.18. The molecule has 0 unspecified atom stereocenters. The van der Waals surface area contributed by atoms with Crippen molar-refractivity contribution in [2.45, 2.75) is 4.90 Å². The van der Waals surface area contributed by atoms with E-state index >= 15 is 0 Å². The van der Waals surface area contributed by atoms with Crippen molar-refractivity contribution in [2.24, 2.45) is 0 Å². The minimum absolute atomic E-state index is 0.00639. The SMILES string of the molecule is N=C1NC(=O)C(=Cc2cccc(OS(=O)(=O)c3cccc([N+](=O)[O-])c3)c2)S1. The predicted molar refractivity (Wildman–Crippen MR) is 98.8 cm³/mol. The summed E-state index contributed by atoms with van der Waals surface area (Å²) in [5.74, 6) is -0.435. The van der Waals surface area contributed by atoms with E-state index in [9.17, 15) is 23.3 Å². The first-order chi connectivity index (χ1) is 12.7. The standard InChI is InChI=1S/C16H11N3O6S2/c17-16-18-15(20)14(26-16)8-10-3-1-5-12(7-10)25-27(23,24)13-6-2-4-11(9-13)19(21)22/h1-9H,(H2,17,18,20). The second-order valence-electron chi connectivity index (χ2n) is 5.26. The monoisotopic (exact) mass is 405 g/mol. The van der Waals surface area contributed by atoms with E-state index in [0.717, 1.165) is 17.8 Å². The lowest BCUT2D eigenvalue weighted by atomic mass is 10.2. The summed E-state index contributed by atoms with van der Waals surface area (Å²) in [5, 5.41) is 20.6. The highest BCUT2D eigenvalue weighted by molar-refractivity contribution is 8.18. The maximum atomic E-state index is 12.4. The molecule has 0 bridgehead atoms. The minimum atomic E-state index is -4.28. The molecule has 1 aliphatic heterocycles. The van der Waals surface area contributed by atoms with Crippen LogP contribution in [-0.2, 0) is 14.9 Å². The van der Waals surface area contributed by atoms with E-state index in [0.29, 0.717) is 10.5 Å². The molecule has 11 heteroatoms. The number of rotatable bonds is 5. The first kappa shape index (κ1) is 18.6. The molecule has 2 aromatic rings. The number of amides is 1. The van der Waals surface area contributed by atoms with Crippen LogP contribution in [0.1, 0.15) is 5.56 Å². The van der Waals surface area contributed by atoms with Crippen molar-refractivity contribution in [3.63, 3.8) is 0 Å². The highest BCUT2D eigenvalue weighted by atomic mass is 32.2. The normalized spacial score (nSPS) is 15.6. The van der Waals surface area contributed by atoms with Crippen LogP contribution in [0.15, 0.2) is 58.3 Å². The number of nitrogens with zero attached hydrogens (tertiary/aromatic N) is 1. The van der Waals surface area contributed by atoms with Crippen LogP contribution < -0.4 is 9.50 Å². The zero-order valence-corrected chi connectivity index (χ0v) is 15.0. The molecule has 1 fully saturated rings.